The van der Waals surface area contributed by atoms with Gasteiger partial charge in [0.25, 0.3) is 0 Å². The molecule has 1 spiro atoms. The molecule has 1 heterocycles. The van der Waals surface area contributed by atoms with Crippen LogP contribution in [0.4, 0.5) is 0 Å². The number of benzene rings is 7. The van der Waals surface area contributed by atoms with E-state index in [-0.39, 0.29) is 5.41 Å². The first-order valence-corrected chi connectivity index (χ1v) is 15.9. The van der Waals surface area contributed by atoms with Gasteiger partial charge in [-0.25, -0.2) is 0 Å². The minimum atomic E-state index is -0.446. The van der Waals surface area contributed by atoms with Gasteiger partial charge in [-0.05, 0) is 78.5 Å². The Morgan fingerprint density at radius 3 is 1.82 bits per heavy atom. The summed E-state index contributed by atoms with van der Waals surface area (Å²) in [6, 6.07) is 53.9. The van der Waals surface area contributed by atoms with Crippen LogP contribution in [0.5, 0.6) is 11.5 Å². The van der Waals surface area contributed by atoms with Crippen LogP contribution in [0.3, 0.4) is 0 Å². The van der Waals surface area contributed by atoms with Crippen LogP contribution in [0.25, 0.3) is 44.2 Å². The second kappa shape index (κ2) is 8.61. The van der Waals surface area contributed by atoms with Crippen LogP contribution in [-0.2, 0) is 10.8 Å². The lowest BCUT2D eigenvalue weighted by molar-refractivity contribution is 0.418. The van der Waals surface area contributed by atoms with Gasteiger partial charge in [0.2, 0.25) is 0 Å². The molecule has 2 aliphatic carbocycles. The highest BCUT2D eigenvalue weighted by atomic mass is 16.5. The van der Waals surface area contributed by atoms with E-state index >= 15 is 0 Å². The lowest BCUT2D eigenvalue weighted by Gasteiger charge is -2.35. The van der Waals surface area contributed by atoms with E-state index in [9.17, 15) is 0 Å². The molecular formula is C44H30O. The number of hydrogen-bond acceptors (Lipinski definition) is 1. The topological polar surface area (TPSA) is 9.23 Å². The van der Waals surface area contributed by atoms with Gasteiger partial charge in [-0.3, -0.25) is 0 Å². The zero-order valence-electron chi connectivity index (χ0n) is 25.3. The van der Waals surface area contributed by atoms with Crippen LogP contribution in [0, 0.1) is 0 Å². The molecule has 1 aliphatic heterocycles. The van der Waals surface area contributed by atoms with Crippen LogP contribution in [0.15, 0.2) is 146 Å². The Balaban J connectivity index is 1.31. The predicted molar refractivity (Wildman–Crippen MR) is 184 cm³/mol. The molecule has 7 aromatic rings. The third kappa shape index (κ3) is 3.03. The Morgan fingerprint density at radius 1 is 0.422 bits per heavy atom. The summed E-state index contributed by atoms with van der Waals surface area (Å²) in [5.41, 5.74) is 15.0. The molecule has 1 nitrogen and oxygen atoms in total. The van der Waals surface area contributed by atoms with Crippen LogP contribution in [0.2, 0.25) is 0 Å². The van der Waals surface area contributed by atoms with Gasteiger partial charge in [-0.15, -0.1) is 0 Å². The van der Waals surface area contributed by atoms with Gasteiger partial charge in [0.05, 0.1) is 5.41 Å². The molecule has 0 saturated heterocycles. The van der Waals surface area contributed by atoms with Gasteiger partial charge >= 0.3 is 0 Å². The molecule has 0 saturated carbocycles. The predicted octanol–water partition coefficient (Wildman–Crippen LogP) is 11.3. The first-order chi connectivity index (χ1) is 22.1. The van der Waals surface area contributed by atoms with Crippen molar-refractivity contribution >= 4 is 10.8 Å². The molecule has 0 N–H and O–H groups in total. The maximum Gasteiger partial charge on any atom is 0.132 e. The van der Waals surface area contributed by atoms with Crippen molar-refractivity contribution in [3.63, 3.8) is 0 Å². The Morgan fingerprint density at radius 2 is 1.02 bits per heavy atom. The molecular weight excluding hydrogens is 544 g/mol. The van der Waals surface area contributed by atoms with E-state index in [1.165, 1.54) is 77.5 Å². The lowest BCUT2D eigenvalue weighted by atomic mass is 9.67. The molecule has 0 aromatic heterocycles. The maximum atomic E-state index is 6.64. The van der Waals surface area contributed by atoms with Gasteiger partial charge in [-0.2, -0.15) is 0 Å². The minimum absolute atomic E-state index is 0.152. The second-order valence-corrected chi connectivity index (χ2v) is 13.2. The standard InChI is InChI=1S/C44H30O/c1-43(2)37-20-9-10-21-39(37)45-40-26-28(23-25-38(40)43)30-16-11-17-33-31-14-5-7-18-35(31)44(42(30)33)36-19-8-6-15-32(36)34-24-22-27-12-3-4-13-29(27)41(34)44/h3-26H,1-2H3. The average Bonchev–Trinajstić information content (AvgIpc) is 3.56. The fraction of sp³-hybridized carbons (Fsp3) is 0.0909. The monoisotopic (exact) mass is 574 g/mol. The van der Waals surface area contributed by atoms with Gasteiger partial charge in [0.1, 0.15) is 11.5 Å². The Labute approximate surface area is 263 Å². The molecule has 212 valence electrons. The van der Waals surface area contributed by atoms with Gasteiger partial charge in [-0.1, -0.05) is 147 Å². The Kier molecular flexibility index (Phi) is 4.78. The smallest absolute Gasteiger partial charge is 0.132 e. The second-order valence-electron chi connectivity index (χ2n) is 13.2. The zero-order chi connectivity index (χ0) is 29.9. The molecule has 7 aromatic carbocycles. The normalized spacial score (nSPS) is 17.6. The van der Waals surface area contributed by atoms with Crippen LogP contribution >= 0.6 is 0 Å². The number of para-hydroxylation sites is 1. The summed E-state index contributed by atoms with van der Waals surface area (Å²) in [6.45, 7) is 4.60. The summed E-state index contributed by atoms with van der Waals surface area (Å²) in [6.07, 6.45) is 0. The lowest BCUT2D eigenvalue weighted by Crippen LogP contribution is -2.27. The molecule has 1 atom stereocenters. The summed E-state index contributed by atoms with van der Waals surface area (Å²) >= 11 is 0. The first kappa shape index (κ1) is 25.0. The van der Waals surface area contributed by atoms with Crippen molar-refractivity contribution in [1.29, 1.82) is 0 Å². The minimum Gasteiger partial charge on any atom is -0.457 e. The molecule has 0 radical (unpaired) electrons. The van der Waals surface area contributed by atoms with Gasteiger partial charge in [0, 0.05) is 16.5 Å². The number of hydrogen-bond donors (Lipinski definition) is 0. The number of ether oxygens (including phenoxy) is 1. The van der Waals surface area contributed by atoms with Crippen molar-refractivity contribution in [3.05, 3.63) is 179 Å². The average molecular weight is 575 g/mol. The van der Waals surface area contributed by atoms with E-state index in [4.69, 9.17) is 4.74 Å². The number of fused-ring (bicyclic) bond motifs is 14. The summed E-state index contributed by atoms with van der Waals surface area (Å²) in [4.78, 5) is 0. The Hall–Kier alpha value is -5.40. The van der Waals surface area contributed by atoms with Crippen LogP contribution in [0.1, 0.15) is 47.2 Å². The largest absolute Gasteiger partial charge is 0.457 e. The molecule has 0 fully saturated rings. The molecule has 1 heteroatoms. The van der Waals surface area contributed by atoms with E-state index in [2.05, 4.69) is 159 Å². The maximum absolute atomic E-state index is 6.64. The highest BCUT2D eigenvalue weighted by Gasteiger charge is 2.53. The van der Waals surface area contributed by atoms with Crippen LogP contribution < -0.4 is 4.74 Å². The fourth-order valence-corrected chi connectivity index (χ4v) is 8.85. The van der Waals surface area contributed by atoms with E-state index in [0.29, 0.717) is 0 Å². The van der Waals surface area contributed by atoms with E-state index in [1.54, 1.807) is 0 Å². The summed E-state index contributed by atoms with van der Waals surface area (Å²) in [5.74, 6) is 1.88. The molecule has 1 unspecified atom stereocenters. The number of rotatable bonds is 1. The summed E-state index contributed by atoms with van der Waals surface area (Å²) < 4.78 is 6.64. The van der Waals surface area contributed by atoms with E-state index < -0.39 is 5.41 Å². The van der Waals surface area contributed by atoms with Crippen molar-refractivity contribution in [3.8, 4) is 44.9 Å². The third-order valence-electron chi connectivity index (χ3n) is 10.7. The van der Waals surface area contributed by atoms with Crippen molar-refractivity contribution in [1.82, 2.24) is 0 Å². The molecule has 0 amide bonds. The summed E-state index contributed by atoms with van der Waals surface area (Å²) in [5, 5.41) is 2.59. The van der Waals surface area contributed by atoms with Crippen molar-refractivity contribution < 1.29 is 4.74 Å². The zero-order valence-corrected chi connectivity index (χ0v) is 25.3. The highest BCUT2D eigenvalue weighted by Crippen LogP contribution is 2.65. The molecule has 3 aliphatic rings. The van der Waals surface area contributed by atoms with Crippen molar-refractivity contribution in [2.45, 2.75) is 24.7 Å². The molecule has 0 bridgehead atoms. The van der Waals surface area contributed by atoms with Gasteiger partial charge in [0.15, 0.2) is 0 Å². The molecule has 45 heavy (non-hydrogen) atoms. The first-order valence-electron chi connectivity index (χ1n) is 15.9. The fourth-order valence-electron chi connectivity index (χ4n) is 8.85. The third-order valence-corrected chi connectivity index (χ3v) is 10.7. The molecule has 10 rings (SSSR count). The van der Waals surface area contributed by atoms with E-state index in [0.717, 1.165) is 11.5 Å². The van der Waals surface area contributed by atoms with Crippen molar-refractivity contribution in [2.75, 3.05) is 0 Å². The van der Waals surface area contributed by atoms with Crippen molar-refractivity contribution in [2.24, 2.45) is 0 Å². The van der Waals surface area contributed by atoms with Crippen LogP contribution in [-0.4, -0.2) is 0 Å². The highest BCUT2D eigenvalue weighted by molar-refractivity contribution is 6.05. The van der Waals surface area contributed by atoms with Gasteiger partial charge < -0.3 is 4.74 Å². The Bertz CT molecular complexity index is 2380. The summed E-state index contributed by atoms with van der Waals surface area (Å²) in [7, 11) is 0. The van der Waals surface area contributed by atoms with E-state index in [1.807, 2.05) is 0 Å². The SMILES string of the molecule is CC1(C)c2ccccc2Oc2cc(-c3cccc4c3C3(c5ccccc5-4)c4ccccc4-c4ccc5ccccc5c43)ccc21. The quantitative estimate of drug-likeness (QED) is 0.189.